The lowest BCUT2D eigenvalue weighted by molar-refractivity contribution is 0.431. The van der Waals surface area contributed by atoms with Gasteiger partial charge < -0.3 is 4.57 Å². The van der Waals surface area contributed by atoms with E-state index in [1.807, 2.05) is 22.3 Å². The normalized spacial score (nSPS) is 19.2. The first-order valence-electron chi connectivity index (χ1n) is 8.37. The molecule has 0 amide bonds. The van der Waals surface area contributed by atoms with E-state index in [1.165, 1.54) is 12.1 Å². The van der Waals surface area contributed by atoms with Gasteiger partial charge in [0.15, 0.2) is 0 Å². The highest BCUT2D eigenvalue weighted by molar-refractivity contribution is 5.62. The van der Waals surface area contributed by atoms with Crippen LogP contribution in [0, 0.1) is 12.7 Å². The number of halogens is 1. The Hall–Kier alpha value is -2.83. The molecule has 0 bridgehead atoms. The molecule has 0 N–H and O–H groups in total. The SMILES string of the molecule is CCC1c2nncn2C=NC1Cn1ccnc1-c1cc(F)ccc1C. The Labute approximate surface area is 145 Å². The molecule has 1 aliphatic heterocycles. The number of fused-ring (bicyclic) bond motifs is 1. The van der Waals surface area contributed by atoms with Gasteiger partial charge in [0.1, 0.15) is 23.8 Å². The van der Waals surface area contributed by atoms with Gasteiger partial charge in [-0.25, -0.2) is 9.37 Å². The van der Waals surface area contributed by atoms with Gasteiger partial charge in [-0.05, 0) is 31.0 Å². The van der Waals surface area contributed by atoms with E-state index in [-0.39, 0.29) is 17.8 Å². The maximum atomic E-state index is 13.7. The van der Waals surface area contributed by atoms with Crippen molar-refractivity contribution in [2.45, 2.75) is 38.8 Å². The Kier molecular flexibility index (Phi) is 3.91. The monoisotopic (exact) mass is 338 g/mol. The number of aromatic nitrogens is 5. The summed E-state index contributed by atoms with van der Waals surface area (Å²) < 4.78 is 17.6. The molecule has 25 heavy (non-hydrogen) atoms. The van der Waals surface area contributed by atoms with E-state index in [0.717, 1.165) is 29.2 Å². The third-order valence-electron chi connectivity index (χ3n) is 4.76. The van der Waals surface area contributed by atoms with E-state index in [0.29, 0.717) is 6.54 Å². The quantitative estimate of drug-likeness (QED) is 0.734. The van der Waals surface area contributed by atoms with Crippen molar-refractivity contribution < 1.29 is 4.39 Å². The zero-order valence-electron chi connectivity index (χ0n) is 14.2. The molecule has 0 spiro atoms. The van der Waals surface area contributed by atoms with Crippen molar-refractivity contribution in [1.82, 2.24) is 24.3 Å². The van der Waals surface area contributed by atoms with Crippen molar-refractivity contribution in [2.24, 2.45) is 4.99 Å². The van der Waals surface area contributed by atoms with Gasteiger partial charge >= 0.3 is 0 Å². The average molecular weight is 338 g/mol. The van der Waals surface area contributed by atoms with Crippen LogP contribution in [0.4, 0.5) is 4.39 Å². The van der Waals surface area contributed by atoms with Gasteiger partial charge in [-0.3, -0.25) is 9.56 Å². The van der Waals surface area contributed by atoms with Crippen LogP contribution in [0.1, 0.15) is 30.7 Å². The third-order valence-corrected chi connectivity index (χ3v) is 4.76. The summed E-state index contributed by atoms with van der Waals surface area (Å²) in [5.41, 5.74) is 1.80. The fourth-order valence-corrected chi connectivity index (χ4v) is 3.41. The number of imidazole rings is 1. The third kappa shape index (κ3) is 2.75. The highest BCUT2D eigenvalue weighted by Gasteiger charge is 2.29. The second kappa shape index (κ2) is 6.23. The second-order valence-electron chi connectivity index (χ2n) is 6.31. The van der Waals surface area contributed by atoms with Crippen LogP contribution in [0.5, 0.6) is 0 Å². The van der Waals surface area contributed by atoms with Gasteiger partial charge in [0.2, 0.25) is 0 Å². The number of hydrogen-bond donors (Lipinski definition) is 0. The Balaban J connectivity index is 1.67. The first-order valence-corrected chi connectivity index (χ1v) is 8.37. The zero-order valence-corrected chi connectivity index (χ0v) is 14.2. The van der Waals surface area contributed by atoms with Crippen molar-refractivity contribution in [2.75, 3.05) is 0 Å². The summed E-state index contributed by atoms with van der Waals surface area (Å²) in [6, 6.07) is 4.83. The lowest BCUT2D eigenvalue weighted by Crippen LogP contribution is -2.29. The van der Waals surface area contributed by atoms with Crippen LogP contribution in [0.2, 0.25) is 0 Å². The van der Waals surface area contributed by atoms with Gasteiger partial charge in [-0.2, -0.15) is 0 Å². The molecular formula is C18H19FN6. The molecule has 6 nitrogen and oxygen atoms in total. The highest BCUT2D eigenvalue weighted by atomic mass is 19.1. The number of aliphatic imine (C=N–C) groups is 1. The van der Waals surface area contributed by atoms with Crippen LogP contribution in [-0.2, 0) is 6.54 Å². The second-order valence-corrected chi connectivity index (χ2v) is 6.31. The molecule has 2 atom stereocenters. The van der Waals surface area contributed by atoms with Gasteiger partial charge in [0.05, 0.1) is 12.4 Å². The van der Waals surface area contributed by atoms with E-state index in [2.05, 4.69) is 27.1 Å². The molecule has 2 aromatic heterocycles. The molecule has 7 heteroatoms. The number of nitrogens with zero attached hydrogens (tertiary/aromatic N) is 6. The number of rotatable bonds is 4. The summed E-state index contributed by atoms with van der Waals surface area (Å²) in [6.07, 6.45) is 8.04. The molecule has 0 saturated heterocycles. The Morgan fingerprint density at radius 3 is 3.00 bits per heavy atom. The average Bonchev–Trinajstić information content (AvgIpc) is 3.26. The van der Waals surface area contributed by atoms with Crippen molar-refractivity contribution in [3.05, 3.63) is 54.1 Å². The van der Waals surface area contributed by atoms with E-state index in [9.17, 15) is 4.39 Å². The molecule has 1 aromatic carbocycles. The van der Waals surface area contributed by atoms with Crippen LogP contribution in [0.3, 0.4) is 0 Å². The first kappa shape index (κ1) is 15.7. The minimum atomic E-state index is -0.259. The number of hydrogen-bond acceptors (Lipinski definition) is 4. The molecule has 0 aliphatic carbocycles. The Morgan fingerprint density at radius 2 is 2.16 bits per heavy atom. The summed E-state index contributed by atoms with van der Waals surface area (Å²) >= 11 is 0. The predicted molar refractivity (Wildman–Crippen MR) is 93.1 cm³/mol. The smallest absolute Gasteiger partial charge is 0.143 e. The maximum absolute atomic E-state index is 13.7. The van der Waals surface area contributed by atoms with Crippen LogP contribution >= 0.6 is 0 Å². The molecule has 2 unspecified atom stereocenters. The minimum Gasteiger partial charge on any atom is -0.329 e. The van der Waals surface area contributed by atoms with E-state index >= 15 is 0 Å². The topological polar surface area (TPSA) is 60.9 Å². The maximum Gasteiger partial charge on any atom is 0.143 e. The Morgan fingerprint density at radius 1 is 1.28 bits per heavy atom. The fourth-order valence-electron chi connectivity index (χ4n) is 3.41. The minimum absolute atomic E-state index is 0.0449. The Bertz CT molecular complexity index is 925. The van der Waals surface area contributed by atoms with Gasteiger partial charge in [-0.1, -0.05) is 13.0 Å². The van der Waals surface area contributed by atoms with Crippen molar-refractivity contribution in [3.63, 3.8) is 0 Å². The molecule has 1 aliphatic rings. The predicted octanol–water partition coefficient (Wildman–Crippen LogP) is 3.04. The molecule has 0 saturated carbocycles. The summed E-state index contributed by atoms with van der Waals surface area (Å²) in [7, 11) is 0. The lowest BCUT2D eigenvalue weighted by atomic mass is 9.95. The largest absolute Gasteiger partial charge is 0.329 e. The molecule has 0 fully saturated rings. The van der Waals surface area contributed by atoms with Gasteiger partial charge in [0.25, 0.3) is 0 Å². The van der Waals surface area contributed by atoms with Crippen LogP contribution < -0.4 is 0 Å². The van der Waals surface area contributed by atoms with Crippen molar-refractivity contribution >= 4 is 6.34 Å². The number of aryl methyl sites for hydroxylation is 1. The van der Waals surface area contributed by atoms with E-state index in [1.54, 1.807) is 24.9 Å². The molecular weight excluding hydrogens is 319 g/mol. The van der Waals surface area contributed by atoms with Crippen LogP contribution in [0.25, 0.3) is 11.4 Å². The van der Waals surface area contributed by atoms with E-state index < -0.39 is 0 Å². The standard InChI is InChI=1S/C18H19FN6/c1-3-14-16(21-10-25-11-22-23-18(14)25)9-24-7-6-20-17(24)15-8-13(19)5-4-12(15)2/h4-8,10-11,14,16H,3,9H2,1-2H3. The van der Waals surface area contributed by atoms with Crippen molar-refractivity contribution in [3.8, 4) is 11.4 Å². The molecule has 0 radical (unpaired) electrons. The first-order chi connectivity index (χ1) is 12.2. The zero-order chi connectivity index (χ0) is 17.4. The van der Waals surface area contributed by atoms with Crippen LogP contribution in [0.15, 0.2) is 41.9 Å². The number of benzene rings is 1. The fraction of sp³-hybridized carbons (Fsp3) is 0.333. The van der Waals surface area contributed by atoms with Gasteiger partial charge in [0, 0.05) is 30.4 Å². The summed E-state index contributed by atoms with van der Waals surface area (Å²) in [4.78, 5) is 9.13. The lowest BCUT2D eigenvalue weighted by Gasteiger charge is -2.26. The summed E-state index contributed by atoms with van der Waals surface area (Å²) in [5.74, 6) is 1.63. The van der Waals surface area contributed by atoms with Gasteiger partial charge in [-0.15, -0.1) is 10.2 Å². The summed E-state index contributed by atoms with van der Waals surface area (Å²) in [6.45, 7) is 4.75. The van der Waals surface area contributed by atoms with E-state index in [4.69, 9.17) is 0 Å². The molecule has 4 rings (SSSR count). The molecule has 3 aromatic rings. The highest BCUT2D eigenvalue weighted by Crippen LogP contribution is 2.29. The van der Waals surface area contributed by atoms with Crippen molar-refractivity contribution in [1.29, 1.82) is 0 Å². The molecule has 128 valence electrons. The molecule has 3 heterocycles. The van der Waals surface area contributed by atoms with Crippen LogP contribution in [-0.4, -0.2) is 36.7 Å². The summed E-state index contributed by atoms with van der Waals surface area (Å²) in [5, 5.41) is 8.22.